The van der Waals surface area contributed by atoms with Crippen LogP contribution in [0.5, 0.6) is 0 Å². The van der Waals surface area contributed by atoms with Gasteiger partial charge in [0, 0.05) is 11.6 Å². The second kappa shape index (κ2) is 6.30. The Kier molecular flexibility index (Phi) is 4.19. The van der Waals surface area contributed by atoms with E-state index < -0.39 is 10.0 Å². The molecule has 24 heavy (non-hydrogen) atoms. The Labute approximate surface area is 140 Å². The molecule has 0 aliphatic heterocycles. The van der Waals surface area contributed by atoms with Crippen LogP contribution in [0.3, 0.4) is 0 Å². The Morgan fingerprint density at radius 1 is 1.12 bits per heavy atom. The highest BCUT2D eigenvalue weighted by atomic mass is 32.2. The number of pyridine rings is 1. The van der Waals surface area contributed by atoms with Gasteiger partial charge in [0.2, 0.25) is 0 Å². The molecule has 120 valence electrons. The van der Waals surface area contributed by atoms with Crippen LogP contribution in [0.15, 0.2) is 59.6 Å². The molecule has 0 bridgehead atoms. The van der Waals surface area contributed by atoms with Crippen molar-refractivity contribution in [2.75, 3.05) is 4.72 Å². The van der Waals surface area contributed by atoms with Crippen LogP contribution in [-0.2, 0) is 16.4 Å². The van der Waals surface area contributed by atoms with Crippen LogP contribution < -0.4 is 4.72 Å². The SMILES string of the molecule is Cc1ccc(NS(=O)(=O)c2ccc(CC#N)cc2)c2cccnc12. The van der Waals surface area contributed by atoms with Crippen LogP contribution in [0, 0.1) is 18.3 Å². The van der Waals surface area contributed by atoms with Gasteiger partial charge in [-0.15, -0.1) is 0 Å². The summed E-state index contributed by atoms with van der Waals surface area (Å²) < 4.78 is 27.8. The maximum Gasteiger partial charge on any atom is 0.261 e. The molecular weight excluding hydrogens is 322 g/mol. The van der Waals surface area contributed by atoms with E-state index in [0.29, 0.717) is 5.69 Å². The third-order valence-corrected chi connectivity index (χ3v) is 5.11. The molecular formula is C18H15N3O2S. The van der Waals surface area contributed by atoms with E-state index in [-0.39, 0.29) is 11.3 Å². The van der Waals surface area contributed by atoms with Crippen molar-refractivity contribution in [3.05, 3.63) is 65.9 Å². The minimum absolute atomic E-state index is 0.154. The molecule has 0 atom stereocenters. The molecule has 0 unspecified atom stereocenters. The molecule has 5 nitrogen and oxygen atoms in total. The summed E-state index contributed by atoms with van der Waals surface area (Å²) in [6.07, 6.45) is 1.93. The van der Waals surface area contributed by atoms with Gasteiger partial charge >= 0.3 is 0 Å². The lowest BCUT2D eigenvalue weighted by Gasteiger charge is -2.12. The number of fused-ring (bicyclic) bond motifs is 1. The van der Waals surface area contributed by atoms with Crippen molar-refractivity contribution in [3.63, 3.8) is 0 Å². The molecule has 0 amide bonds. The van der Waals surface area contributed by atoms with Gasteiger partial charge in [0.05, 0.1) is 28.6 Å². The van der Waals surface area contributed by atoms with E-state index in [2.05, 4.69) is 9.71 Å². The smallest absolute Gasteiger partial charge is 0.261 e. The van der Waals surface area contributed by atoms with Gasteiger partial charge in [0.25, 0.3) is 10.0 Å². The first-order valence-electron chi connectivity index (χ1n) is 7.34. The molecule has 0 radical (unpaired) electrons. The zero-order valence-electron chi connectivity index (χ0n) is 13.0. The fraction of sp³-hybridized carbons (Fsp3) is 0.111. The minimum Gasteiger partial charge on any atom is -0.279 e. The molecule has 0 spiro atoms. The van der Waals surface area contributed by atoms with Crippen LogP contribution in [0.25, 0.3) is 10.9 Å². The van der Waals surface area contributed by atoms with Gasteiger partial charge in [0.15, 0.2) is 0 Å². The number of rotatable bonds is 4. The van der Waals surface area contributed by atoms with Gasteiger partial charge in [-0.3, -0.25) is 9.71 Å². The number of nitrogens with zero attached hydrogens (tertiary/aromatic N) is 2. The van der Waals surface area contributed by atoms with Crippen LogP contribution in [0.1, 0.15) is 11.1 Å². The fourth-order valence-electron chi connectivity index (χ4n) is 2.48. The van der Waals surface area contributed by atoms with E-state index in [1.807, 2.05) is 25.1 Å². The summed E-state index contributed by atoms with van der Waals surface area (Å²) in [4.78, 5) is 4.47. The van der Waals surface area contributed by atoms with Crippen LogP contribution in [0.2, 0.25) is 0 Å². The Morgan fingerprint density at radius 3 is 2.58 bits per heavy atom. The van der Waals surface area contributed by atoms with Gasteiger partial charge in [0.1, 0.15) is 0 Å². The summed E-state index contributed by atoms with van der Waals surface area (Å²) >= 11 is 0. The molecule has 6 heteroatoms. The van der Waals surface area contributed by atoms with Gasteiger partial charge in [-0.2, -0.15) is 5.26 Å². The largest absolute Gasteiger partial charge is 0.279 e. The van der Waals surface area contributed by atoms with Crippen molar-refractivity contribution in [2.45, 2.75) is 18.2 Å². The second-order valence-corrected chi connectivity index (χ2v) is 7.10. The summed E-state index contributed by atoms with van der Waals surface area (Å²) in [5.41, 5.74) is 3.02. The quantitative estimate of drug-likeness (QED) is 0.791. The number of sulfonamides is 1. The summed E-state index contributed by atoms with van der Waals surface area (Å²) in [5, 5.41) is 9.43. The average Bonchev–Trinajstić information content (AvgIpc) is 2.58. The second-order valence-electron chi connectivity index (χ2n) is 5.41. The number of hydrogen-bond acceptors (Lipinski definition) is 4. The molecule has 3 rings (SSSR count). The molecule has 0 fully saturated rings. The number of benzene rings is 2. The lowest BCUT2D eigenvalue weighted by molar-refractivity contribution is 0.601. The first kappa shape index (κ1) is 16.0. The zero-order valence-corrected chi connectivity index (χ0v) is 13.8. The van der Waals surface area contributed by atoms with Crippen molar-refractivity contribution in [1.82, 2.24) is 4.98 Å². The van der Waals surface area contributed by atoms with E-state index in [1.54, 1.807) is 30.5 Å². The van der Waals surface area contributed by atoms with Crippen molar-refractivity contribution in [1.29, 1.82) is 5.26 Å². The van der Waals surface area contributed by atoms with E-state index in [9.17, 15) is 8.42 Å². The monoisotopic (exact) mass is 337 g/mol. The Morgan fingerprint density at radius 2 is 1.88 bits per heavy atom. The van der Waals surface area contributed by atoms with Gasteiger partial charge < -0.3 is 0 Å². The summed E-state index contributed by atoms with van der Waals surface area (Å²) in [6.45, 7) is 1.93. The highest BCUT2D eigenvalue weighted by Gasteiger charge is 2.16. The summed E-state index contributed by atoms with van der Waals surface area (Å²) in [6, 6.07) is 15.5. The van der Waals surface area contributed by atoms with Crippen molar-refractivity contribution < 1.29 is 8.42 Å². The zero-order chi connectivity index (χ0) is 17.2. The van der Waals surface area contributed by atoms with E-state index in [0.717, 1.165) is 22.0 Å². The third-order valence-electron chi connectivity index (χ3n) is 3.73. The van der Waals surface area contributed by atoms with Gasteiger partial charge in [-0.05, 0) is 48.4 Å². The molecule has 0 saturated carbocycles. The number of aryl methyl sites for hydroxylation is 1. The van der Waals surface area contributed by atoms with Crippen molar-refractivity contribution >= 4 is 26.6 Å². The highest BCUT2D eigenvalue weighted by molar-refractivity contribution is 7.92. The predicted octanol–water partition coefficient (Wildman–Crippen LogP) is 3.41. The molecule has 3 aromatic rings. The maximum atomic E-state index is 12.6. The molecule has 0 saturated heterocycles. The predicted molar refractivity (Wildman–Crippen MR) is 93.0 cm³/mol. The minimum atomic E-state index is -3.71. The number of nitrogens with one attached hydrogen (secondary N) is 1. The normalized spacial score (nSPS) is 11.2. The van der Waals surface area contributed by atoms with Crippen molar-refractivity contribution in [3.8, 4) is 6.07 Å². The molecule has 1 heterocycles. The summed E-state index contributed by atoms with van der Waals surface area (Å²) in [5.74, 6) is 0. The van der Waals surface area contributed by atoms with Crippen LogP contribution in [-0.4, -0.2) is 13.4 Å². The Balaban J connectivity index is 1.98. The molecule has 0 aliphatic rings. The first-order chi connectivity index (χ1) is 11.5. The average molecular weight is 337 g/mol. The lowest BCUT2D eigenvalue weighted by atomic mass is 10.1. The fourth-order valence-corrected chi connectivity index (χ4v) is 3.56. The van der Waals surface area contributed by atoms with Gasteiger partial charge in [-0.25, -0.2) is 8.42 Å². The van der Waals surface area contributed by atoms with Crippen molar-refractivity contribution in [2.24, 2.45) is 0 Å². The number of nitriles is 1. The third kappa shape index (κ3) is 3.07. The Bertz CT molecular complexity index is 1040. The standard InChI is InChI=1S/C18H15N3O2S/c1-13-4-9-17(16-3-2-12-20-18(13)16)21-24(22,23)15-7-5-14(6-8-15)10-11-19/h2-9,12,21H,10H2,1H3. The molecule has 2 aromatic carbocycles. The van der Waals surface area contributed by atoms with Crippen LogP contribution >= 0.6 is 0 Å². The van der Waals surface area contributed by atoms with E-state index >= 15 is 0 Å². The molecule has 0 aliphatic carbocycles. The molecule has 1 aromatic heterocycles. The summed E-state index contributed by atoms with van der Waals surface area (Å²) in [7, 11) is -3.71. The lowest BCUT2D eigenvalue weighted by Crippen LogP contribution is -2.13. The van der Waals surface area contributed by atoms with E-state index in [1.165, 1.54) is 12.1 Å². The van der Waals surface area contributed by atoms with E-state index in [4.69, 9.17) is 5.26 Å². The number of aromatic nitrogens is 1. The number of hydrogen-bond donors (Lipinski definition) is 1. The topological polar surface area (TPSA) is 82.9 Å². The highest BCUT2D eigenvalue weighted by Crippen LogP contribution is 2.26. The molecule has 1 N–H and O–H groups in total. The first-order valence-corrected chi connectivity index (χ1v) is 8.82. The Hall–Kier alpha value is -2.91. The van der Waals surface area contributed by atoms with Gasteiger partial charge in [-0.1, -0.05) is 18.2 Å². The van der Waals surface area contributed by atoms with Crippen LogP contribution in [0.4, 0.5) is 5.69 Å². The maximum absolute atomic E-state index is 12.6. The number of anilines is 1.